The molecule has 0 aromatic carbocycles. The maximum atomic E-state index is 14.1. The highest BCUT2D eigenvalue weighted by atomic mass is 35.5. The van der Waals surface area contributed by atoms with Crippen molar-refractivity contribution >= 4 is 22.4 Å². The van der Waals surface area contributed by atoms with Gasteiger partial charge in [-0.2, -0.15) is 4.39 Å². The molecule has 122 valence electrons. The number of aromatic nitrogens is 1. The third-order valence-corrected chi connectivity index (χ3v) is 4.71. The summed E-state index contributed by atoms with van der Waals surface area (Å²) in [6.07, 6.45) is 9.09. The molecule has 0 spiro atoms. The van der Waals surface area contributed by atoms with E-state index in [-0.39, 0.29) is 5.54 Å². The van der Waals surface area contributed by atoms with Crippen molar-refractivity contribution in [1.82, 2.24) is 10.3 Å². The van der Waals surface area contributed by atoms with E-state index in [1.807, 2.05) is 7.05 Å². The molecule has 1 heterocycles. The summed E-state index contributed by atoms with van der Waals surface area (Å²) in [5.41, 5.74) is 1.08. The first-order chi connectivity index (χ1) is 11.0. The number of ether oxygens (including phenoxy) is 1. The molecule has 2 aliphatic carbocycles. The molecule has 1 aromatic rings. The largest absolute Gasteiger partial charge is 0.490 e. The second kappa shape index (κ2) is 6.42. The zero-order valence-electron chi connectivity index (χ0n) is 12.8. The highest BCUT2D eigenvalue weighted by Crippen LogP contribution is 2.36. The second-order valence-corrected chi connectivity index (χ2v) is 6.39. The predicted molar refractivity (Wildman–Crippen MR) is 86.8 cm³/mol. The van der Waals surface area contributed by atoms with Crippen molar-refractivity contribution < 1.29 is 13.9 Å². The molecule has 0 aliphatic heterocycles. The Labute approximate surface area is 139 Å². The van der Waals surface area contributed by atoms with Crippen molar-refractivity contribution in [3.63, 3.8) is 0 Å². The van der Waals surface area contributed by atoms with E-state index in [0.717, 1.165) is 12.8 Å². The van der Waals surface area contributed by atoms with Crippen molar-refractivity contribution in [2.24, 2.45) is 5.92 Å². The number of allylic oxidation sites excluding steroid dienone is 4. The maximum absolute atomic E-state index is 14.1. The van der Waals surface area contributed by atoms with Gasteiger partial charge in [0.2, 0.25) is 11.2 Å². The number of carbonyl (C=O) groups is 1. The molecule has 1 N–H and O–H groups in total. The lowest BCUT2D eigenvalue weighted by Gasteiger charge is -2.18. The average molecular weight is 337 g/mol. The van der Waals surface area contributed by atoms with Crippen LogP contribution in [-0.4, -0.2) is 29.4 Å². The minimum Gasteiger partial charge on any atom is -0.490 e. The lowest BCUT2D eigenvalue weighted by atomic mass is 9.91. The molecular weight excluding hydrogens is 319 g/mol. The van der Waals surface area contributed by atoms with Crippen LogP contribution in [0.2, 0.25) is 0 Å². The monoisotopic (exact) mass is 336 g/mol. The normalized spacial score (nSPS) is 21.7. The van der Waals surface area contributed by atoms with E-state index < -0.39 is 17.1 Å². The summed E-state index contributed by atoms with van der Waals surface area (Å²) in [4.78, 5) is 15.1. The number of nitrogens with zero attached hydrogens (tertiary/aromatic N) is 1. The fourth-order valence-electron chi connectivity index (χ4n) is 2.61. The quantitative estimate of drug-likeness (QED) is 0.640. The van der Waals surface area contributed by atoms with E-state index in [9.17, 15) is 9.18 Å². The molecule has 23 heavy (non-hydrogen) atoms. The van der Waals surface area contributed by atoms with E-state index in [2.05, 4.69) is 10.3 Å². The van der Waals surface area contributed by atoms with Crippen LogP contribution in [0.3, 0.4) is 0 Å². The number of likely N-dealkylation sites (N-methyl/N-ethyl adjacent to an activating group) is 1. The van der Waals surface area contributed by atoms with Crippen LogP contribution in [0.15, 0.2) is 30.5 Å². The Balaban J connectivity index is 1.77. The van der Waals surface area contributed by atoms with Crippen LogP contribution in [0.5, 0.6) is 5.75 Å². The molecule has 0 amide bonds. The van der Waals surface area contributed by atoms with Gasteiger partial charge in [0.25, 0.3) is 0 Å². The van der Waals surface area contributed by atoms with Gasteiger partial charge in [-0.1, -0.05) is 18.2 Å². The first-order valence-electron chi connectivity index (χ1n) is 7.57. The van der Waals surface area contributed by atoms with E-state index >= 15 is 0 Å². The first kappa shape index (κ1) is 16.1. The third kappa shape index (κ3) is 3.62. The molecule has 3 rings (SSSR count). The summed E-state index contributed by atoms with van der Waals surface area (Å²) in [5.74, 6) is -0.485. The smallest absolute Gasteiger partial charge is 0.228 e. The summed E-state index contributed by atoms with van der Waals surface area (Å²) in [7, 11) is 1.91. The number of halogens is 2. The minimum absolute atomic E-state index is 0.0392. The minimum atomic E-state index is -0.575. The molecule has 0 radical (unpaired) electrons. The Bertz CT molecular complexity index is 683. The molecule has 0 bridgehead atoms. The number of hydrogen-bond acceptors (Lipinski definition) is 4. The lowest BCUT2D eigenvalue weighted by molar-refractivity contribution is -0.113. The zero-order valence-corrected chi connectivity index (χ0v) is 13.6. The van der Waals surface area contributed by atoms with E-state index in [1.165, 1.54) is 6.20 Å². The molecule has 1 atom stereocenters. The summed E-state index contributed by atoms with van der Waals surface area (Å²) in [5, 5.41) is 2.79. The fourth-order valence-corrected chi connectivity index (χ4v) is 2.76. The summed E-state index contributed by atoms with van der Waals surface area (Å²) in [6.45, 7) is 0.526. The SMILES string of the molecule is CNC1(COc2cnc(F)c(C3=CC=CC(C(=O)Cl)C3)c2)CC1. The van der Waals surface area contributed by atoms with E-state index in [1.54, 1.807) is 24.3 Å². The number of carbonyl (C=O) groups excluding carboxylic acids is 1. The molecule has 4 nitrogen and oxygen atoms in total. The molecule has 0 saturated heterocycles. The van der Waals surface area contributed by atoms with Gasteiger partial charge < -0.3 is 10.1 Å². The maximum Gasteiger partial charge on any atom is 0.228 e. The van der Waals surface area contributed by atoms with Gasteiger partial charge in [-0.3, -0.25) is 4.79 Å². The highest BCUT2D eigenvalue weighted by Gasteiger charge is 2.41. The first-order valence-corrected chi connectivity index (χ1v) is 7.95. The van der Waals surface area contributed by atoms with Crippen molar-refractivity contribution in [2.75, 3.05) is 13.7 Å². The zero-order chi connectivity index (χ0) is 16.4. The van der Waals surface area contributed by atoms with Crippen LogP contribution in [0.25, 0.3) is 5.57 Å². The summed E-state index contributed by atoms with van der Waals surface area (Å²) >= 11 is 5.54. The number of rotatable bonds is 6. The van der Waals surface area contributed by atoms with Gasteiger partial charge in [0.15, 0.2) is 0 Å². The van der Waals surface area contributed by atoms with Gasteiger partial charge in [0.05, 0.1) is 17.7 Å². The highest BCUT2D eigenvalue weighted by molar-refractivity contribution is 6.64. The van der Waals surface area contributed by atoms with Crippen LogP contribution < -0.4 is 10.1 Å². The molecule has 2 aliphatic rings. The van der Waals surface area contributed by atoms with Crippen LogP contribution in [0.4, 0.5) is 4.39 Å². The number of pyridine rings is 1. The van der Waals surface area contributed by atoms with E-state index in [0.29, 0.717) is 29.9 Å². The van der Waals surface area contributed by atoms with Crippen molar-refractivity contribution in [3.05, 3.63) is 42.0 Å². The van der Waals surface area contributed by atoms with Crippen LogP contribution in [-0.2, 0) is 4.79 Å². The number of hydrogen-bond donors (Lipinski definition) is 1. The Hall–Kier alpha value is -1.72. The molecule has 1 saturated carbocycles. The molecule has 1 unspecified atom stereocenters. The predicted octanol–water partition coefficient (Wildman–Crippen LogP) is 3.08. The van der Waals surface area contributed by atoms with Crippen LogP contribution in [0.1, 0.15) is 24.8 Å². The molecular formula is C17H18ClFN2O2. The van der Waals surface area contributed by atoms with Gasteiger partial charge in [-0.25, -0.2) is 4.98 Å². The van der Waals surface area contributed by atoms with Crippen molar-refractivity contribution in [3.8, 4) is 5.75 Å². The molecule has 6 heteroatoms. The summed E-state index contributed by atoms with van der Waals surface area (Å²) in [6, 6.07) is 1.63. The third-order valence-electron chi connectivity index (χ3n) is 4.43. The molecule has 1 fully saturated rings. The van der Waals surface area contributed by atoms with Crippen LogP contribution >= 0.6 is 11.6 Å². The Morgan fingerprint density at radius 3 is 3.00 bits per heavy atom. The number of nitrogens with one attached hydrogen (secondary N) is 1. The second-order valence-electron chi connectivity index (χ2n) is 6.02. The Kier molecular flexibility index (Phi) is 4.50. The standard InChI is InChI=1S/C17H18ClFN2O2/c1-20-17(5-6-17)10-23-13-8-14(16(19)21-9-13)11-3-2-4-12(7-11)15(18)22/h2-4,8-9,12,20H,5-7,10H2,1H3. The average Bonchev–Trinajstić information content (AvgIpc) is 3.35. The van der Waals surface area contributed by atoms with Crippen molar-refractivity contribution in [1.29, 1.82) is 0 Å². The van der Waals surface area contributed by atoms with Gasteiger partial charge >= 0.3 is 0 Å². The lowest BCUT2D eigenvalue weighted by Crippen LogP contribution is -2.33. The topological polar surface area (TPSA) is 51.2 Å². The Morgan fingerprint density at radius 1 is 1.57 bits per heavy atom. The molecule has 1 aromatic heterocycles. The van der Waals surface area contributed by atoms with Gasteiger partial charge in [-0.15, -0.1) is 0 Å². The Morgan fingerprint density at radius 2 is 2.35 bits per heavy atom. The summed E-state index contributed by atoms with van der Waals surface area (Å²) < 4.78 is 19.8. The van der Waals surface area contributed by atoms with E-state index in [4.69, 9.17) is 16.3 Å². The van der Waals surface area contributed by atoms with Crippen molar-refractivity contribution in [2.45, 2.75) is 24.8 Å². The van der Waals surface area contributed by atoms with Crippen LogP contribution in [0, 0.1) is 11.9 Å². The fraction of sp³-hybridized carbons (Fsp3) is 0.412. The van der Waals surface area contributed by atoms with Gasteiger partial charge in [0.1, 0.15) is 12.4 Å². The van der Waals surface area contributed by atoms with Gasteiger partial charge in [0, 0.05) is 5.56 Å². The van der Waals surface area contributed by atoms with Gasteiger partial charge in [-0.05, 0) is 49.6 Å².